The topological polar surface area (TPSA) is 60.2 Å². The number of aromatic nitrogens is 2. The number of rotatable bonds is 8. The van der Waals surface area contributed by atoms with Crippen LogP contribution < -0.4 is 10.1 Å². The van der Waals surface area contributed by atoms with E-state index in [0.717, 1.165) is 30.8 Å². The molecule has 0 spiro atoms. The maximum atomic E-state index is 6.18. The van der Waals surface area contributed by atoms with E-state index in [-0.39, 0.29) is 6.04 Å². The van der Waals surface area contributed by atoms with Crippen LogP contribution in [0.5, 0.6) is 5.75 Å². The van der Waals surface area contributed by atoms with Crippen LogP contribution in [0.15, 0.2) is 22.7 Å². The van der Waals surface area contributed by atoms with Crippen LogP contribution in [0.2, 0.25) is 5.02 Å². The lowest BCUT2D eigenvalue weighted by atomic mass is 10.2. The minimum atomic E-state index is -0.0862. The Balaban J connectivity index is 2.00. The summed E-state index contributed by atoms with van der Waals surface area (Å²) in [6.45, 7) is 6.63. The molecule has 0 aliphatic rings. The molecule has 22 heavy (non-hydrogen) atoms. The fourth-order valence-corrected chi connectivity index (χ4v) is 2.29. The van der Waals surface area contributed by atoms with Gasteiger partial charge in [-0.3, -0.25) is 0 Å². The lowest BCUT2D eigenvalue weighted by Gasteiger charge is -2.13. The number of nitrogens with zero attached hydrogens (tertiary/aromatic N) is 2. The van der Waals surface area contributed by atoms with E-state index < -0.39 is 0 Å². The van der Waals surface area contributed by atoms with Crippen LogP contribution in [-0.2, 0) is 6.42 Å². The minimum absolute atomic E-state index is 0.0862. The summed E-state index contributed by atoms with van der Waals surface area (Å²) >= 11 is 6.18. The number of hydrogen-bond acceptors (Lipinski definition) is 5. The SMILES string of the molecule is CCCCc1noc(C(C)Nc2ccc(OCC)c(Cl)c2)n1. The zero-order valence-electron chi connectivity index (χ0n) is 13.2. The molecular weight excluding hydrogens is 302 g/mol. The van der Waals surface area contributed by atoms with Crippen LogP contribution in [0.1, 0.15) is 51.4 Å². The van der Waals surface area contributed by atoms with Gasteiger partial charge in [0.2, 0.25) is 5.89 Å². The van der Waals surface area contributed by atoms with Gasteiger partial charge in [-0.1, -0.05) is 30.1 Å². The van der Waals surface area contributed by atoms with Crippen molar-refractivity contribution in [1.82, 2.24) is 10.1 Å². The van der Waals surface area contributed by atoms with E-state index in [1.807, 2.05) is 32.0 Å². The average molecular weight is 324 g/mol. The van der Waals surface area contributed by atoms with Crippen molar-refractivity contribution in [1.29, 1.82) is 0 Å². The predicted molar refractivity (Wildman–Crippen MR) is 87.6 cm³/mol. The van der Waals surface area contributed by atoms with E-state index >= 15 is 0 Å². The van der Waals surface area contributed by atoms with E-state index in [1.54, 1.807) is 0 Å². The lowest BCUT2D eigenvalue weighted by Crippen LogP contribution is -2.07. The molecule has 0 aliphatic carbocycles. The Morgan fingerprint density at radius 1 is 1.36 bits per heavy atom. The summed E-state index contributed by atoms with van der Waals surface area (Å²) in [7, 11) is 0. The zero-order chi connectivity index (χ0) is 15.9. The summed E-state index contributed by atoms with van der Waals surface area (Å²) in [5.41, 5.74) is 0.884. The third-order valence-corrected chi connectivity index (χ3v) is 3.52. The first-order valence-electron chi connectivity index (χ1n) is 7.65. The number of anilines is 1. The van der Waals surface area contributed by atoms with E-state index in [0.29, 0.717) is 23.3 Å². The number of ether oxygens (including phenoxy) is 1. The van der Waals surface area contributed by atoms with Gasteiger partial charge >= 0.3 is 0 Å². The highest BCUT2D eigenvalue weighted by atomic mass is 35.5. The summed E-state index contributed by atoms with van der Waals surface area (Å²) in [5.74, 6) is 2.02. The molecule has 0 fully saturated rings. The molecule has 0 radical (unpaired) electrons. The molecule has 0 bridgehead atoms. The number of unbranched alkanes of at least 4 members (excludes halogenated alkanes) is 1. The molecule has 1 unspecified atom stereocenters. The van der Waals surface area contributed by atoms with Gasteiger partial charge in [-0.25, -0.2) is 0 Å². The molecule has 1 atom stereocenters. The summed E-state index contributed by atoms with van der Waals surface area (Å²) in [5, 5.41) is 7.88. The molecule has 5 nitrogen and oxygen atoms in total. The van der Waals surface area contributed by atoms with E-state index in [1.165, 1.54) is 0 Å². The highest BCUT2D eigenvalue weighted by molar-refractivity contribution is 6.32. The fourth-order valence-electron chi connectivity index (χ4n) is 2.05. The first-order chi connectivity index (χ1) is 10.6. The molecule has 1 aromatic carbocycles. The first-order valence-corrected chi connectivity index (χ1v) is 8.03. The van der Waals surface area contributed by atoms with Gasteiger partial charge in [0, 0.05) is 12.1 Å². The number of halogens is 1. The van der Waals surface area contributed by atoms with Gasteiger partial charge in [0.25, 0.3) is 0 Å². The largest absolute Gasteiger partial charge is 0.492 e. The normalized spacial score (nSPS) is 12.2. The summed E-state index contributed by atoms with van der Waals surface area (Å²) in [4.78, 5) is 4.42. The number of nitrogens with one attached hydrogen (secondary N) is 1. The van der Waals surface area contributed by atoms with Crippen molar-refractivity contribution in [3.8, 4) is 5.75 Å². The predicted octanol–water partition coefficient (Wildman–Crippen LogP) is 4.64. The second kappa shape index (κ2) is 8.03. The quantitative estimate of drug-likeness (QED) is 0.767. The lowest BCUT2D eigenvalue weighted by molar-refractivity contribution is 0.340. The smallest absolute Gasteiger partial charge is 0.248 e. The van der Waals surface area contributed by atoms with E-state index in [4.69, 9.17) is 20.9 Å². The molecule has 1 aromatic heterocycles. The van der Waals surface area contributed by atoms with Crippen molar-refractivity contribution in [2.24, 2.45) is 0 Å². The Bertz CT molecular complexity index is 601. The van der Waals surface area contributed by atoms with Crippen molar-refractivity contribution in [3.63, 3.8) is 0 Å². The second-order valence-electron chi connectivity index (χ2n) is 5.10. The van der Waals surface area contributed by atoms with Crippen LogP contribution >= 0.6 is 11.6 Å². The van der Waals surface area contributed by atoms with Gasteiger partial charge < -0.3 is 14.6 Å². The maximum Gasteiger partial charge on any atom is 0.248 e. The van der Waals surface area contributed by atoms with Gasteiger partial charge in [-0.2, -0.15) is 4.98 Å². The second-order valence-corrected chi connectivity index (χ2v) is 5.50. The Morgan fingerprint density at radius 3 is 2.86 bits per heavy atom. The molecule has 0 saturated heterocycles. The van der Waals surface area contributed by atoms with E-state index in [9.17, 15) is 0 Å². The van der Waals surface area contributed by atoms with Crippen molar-refractivity contribution >= 4 is 17.3 Å². The standard InChI is InChI=1S/C16H22ClN3O2/c1-4-6-7-15-19-16(22-20-15)11(3)18-12-8-9-14(21-5-2)13(17)10-12/h8-11,18H,4-7H2,1-3H3. The summed E-state index contributed by atoms with van der Waals surface area (Å²) in [6.07, 6.45) is 3.03. The van der Waals surface area contributed by atoms with Crippen molar-refractivity contribution in [2.45, 2.75) is 46.1 Å². The van der Waals surface area contributed by atoms with Crippen molar-refractivity contribution in [3.05, 3.63) is 34.9 Å². The Labute approximate surface area is 136 Å². The third-order valence-electron chi connectivity index (χ3n) is 3.22. The molecule has 120 valence electrons. The molecule has 2 aromatic rings. The molecule has 0 aliphatic heterocycles. The van der Waals surface area contributed by atoms with Gasteiger partial charge in [0.1, 0.15) is 11.8 Å². The Hall–Kier alpha value is -1.75. The van der Waals surface area contributed by atoms with Crippen LogP contribution in [-0.4, -0.2) is 16.7 Å². The molecule has 2 rings (SSSR count). The van der Waals surface area contributed by atoms with Gasteiger partial charge in [0.05, 0.1) is 11.6 Å². The third kappa shape index (κ3) is 4.37. The molecular formula is C16H22ClN3O2. The van der Waals surface area contributed by atoms with Crippen LogP contribution in [0, 0.1) is 0 Å². The summed E-state index contributed by atoms with van der Waals surface area (Å²) < 4.78 is 10.7. The Kier molecular flexibility index (Phi) is 6.07. The molecule has 1 heterocycles. The average Bonchev–Trinajstić information content (AvgIpc) is 2.97. The monoisotopic (exact) mass is 323 g/mol. The van der Waals surface area contributed by atoms with Crippen LogP contribution in [0.3, 0.4) is 0 Å². The highest BCUT2D eigenvalue weighted by Gasteiger charge is 2.14. The zero-order valence-corrected chi connectivity index (χ0v) is 14.0. The first kappa shape index (κ1) is 16.6. The minimum Gasteiger partial charge on any atom is -0.492 e. The van der Waals surface area contributed by atoms with Gasteiger partial charge in [-0.05, 0) is 38.5 Å². The number of aryl methyl sites for hydroxylation is 1. The van der Waals surface area contributed by atoms with Crippen molar-refractivity contribution in [2.75, 3.05) is 11.9 Å². The molecule has 0 saturated carbocycles. The number of hydrogen-bond donors (Lipinski definition) is 1. The summed E-state index contributed by atoms with van der Waals surface area (Å²) in [6, 6.07) is 5.51. The molecule has 1 N–H and O–H groups in total. The number of benzene rings is 1. The van der Waals surface area contributed by atoms with Crippen molar-refractivity contribution < 1.29 is 9.26 Å². The molecule has 6 heteroatoms. The Morgan fingerprint density at radius 2 is 2.18 bits per heavy atom. The molecule has 0 amide bonds. The van der Waals surface area contributed by atoms with E-state index in [2.05, 4.69) is 22.4 Å². The van der Waals surface area contributed by atoms with Gasteiger partial charge in [0.15, 0.2) is 5.82 Å². The van der Waals surface area contributed by atoms with Gasteiger partial charge in [-0.15, -0.1) is 0 Å². The van der Waals surface area contributed by atoms with Crippen LogP contribution in [0.25, 0.3) is 0 Å². The maximum absolute atomic E-state index is 6.18. The van der Waals surface area contributed by atoms with Crippen LogP contribution in [0.4, 0.5) is 5.69 Å². The fraction of sp³-hybridized carbons (Fsp3) is 0.500. The highest BCUT2D eigenvalue weighted by Crippen LogP contribution is 2.29.